The normalized spacial score (nSPS) is 23.5. The molecule has 0 radical (unpaired) electrons. The molecular weight excluding hydrogens is 212 g/mol. The number of carbonyl (C=O) groups excluding carboxylic acids is 1. The lowest BCUT2D eigenvalue weighted by Gasteiger charge is -2.22. The van der Waals surface area contributed by atoms with E-state index in [2.05, 4.69) is 12.1 Å². The van der Waals surface area contributed by atoms with Gasteiger partial charge in [0, 0.05) is 6.42 Å². The molecule has 90 valence electrons. The van der Waals surface area contributed by atoms with Gasteiger partial charge in [0.25, 0.3) is 0 Å². The van der Waals surface area contributed by atoms with Gasteiger partial charge in [-0.1, -0.05) is 6.07 Å². The smallest absolute Gasteiger partial charge is 0.173 e. The van der Waals surface area contributed by atoms with Gasteiger partial charge in [-0.15, -0.1) is 0 Å². The Morgan fingerprint density at radius 3 is 2.76 bits per heavy atom. The number of rotatable bonds is 2. The molecule has 2 heteroatoms. The van der Waals surface area contributed by atoms with Crippen molar-refractivity contribution in [2.24, 2.45) is 0 Å². The maximum absolute atomic E-state index is 11.7. The molecule has 0 saturated heterocycles. The molecule has 0 aliphatic heterocycles. The molecule has 0 amide bonds. The van der Waals surface area contributed by atoms with Gasteiger partial charge in [-0.25, -0.2) is 0 Å². The zero-order valence-corrected chi connectivity index (χ0v) is 10.1. The number of ether oxygens (including phenoxy) is 1. The van der Waals surface area contributed by atoms with E-state index in [1.807, 2.05) is 6.07 Å². The van der Waals surface area contributed by atoms with Crippen LogP contribution in [0.25, 0.3) is 0 Å². The highest BCUT2D eigenvalue weighted by molar-refractivity contribution is 5.84. The quantitative estimate of drug-likeness (QED) is 0.780. The zero-order valence-electron chi connectivity index (χ0n) is 10.1. The number of benzene rings is 1. The summed E-state index contributed by atoms with van der Waals surface area (Å²) in [6.45, 7) is 0. The van der Waals surface area contributed by atoms with Gasteiger partial charge in [0.2, 0.25) is 0 Å². The fourth-order valence-electron chi connectivity index (χ4n) is 2.86. The Labute approximate surface area is 102 Å². The summed E-state index contributed by atoms with van der Waals surface area (Å²) < 4.78 is 5.84. The highest BCUT2D eigenvalue weighted by atomic mass is 16.5. The van der Waals surface area contributed by atoms with E-state index < -0.39 is 0 Å². The third-order valence-electron chi connectivity index (χ3n) is 3.85. The molecular formula is C15H18O2. The predicted molar refractivity (Wildman–Crippen MR) is 66.4 cm³/mol. The van der Waals surface area contributed by atoms with E-state index in [1.165, 1.54) is 24.0 Å². The van der Waals surface area contributed by atoms with E-state index in [-0.39, 0.29) is 11.9 Å². The number of fused-ring (bicyclic) bond motifs is 1. The standard InChI is InChI=1S/C15H18O2/c16-14-6-1-2-7-15(14)17-13-9-8-11-4-3-5-12(11)10-13/h8-10,15H,1-7H2. The Kier molecular flexibility index (Phi) is 2.87. The summed E-state index contributed by atoms with van der Waals surface area (Å²) >= 11 is 0. The number of Topliss-reactive ketones (excluding diaryl/α,β-unsaturated/α-hetero) is 1. The van der Waals surface area contributed by atoms with Crippen LogP contribution >= 0.6 is 0 Å². The summed E-state index contributed by atoms with van der Waals surface area (Å²) in [5, 5.41) is 0. The van der Waals surface area contributed by atoms with Gasteiger partial charge in [-0.3, -0.25) is 4.79 Å². The first-order valence-corrected chi connectivity index (χ1v) is 6.64. The van der Waals surface area contributed by atoms with Crippen LogP contribution in [0, 0.1) is 0 Å². The largest absolute Gasteiger partial charge is 0.483 e. The van der Waals surface area contributed by atoms with E-state index in [1.54, 1.807) is 0 Å². The summed E-state index contributed by atoms with van der Waals surface area (Å²) in [4.78, 5) is 11.7. The fourth-order valence-corrected chi connectivity index (χ4v) is 2.86. The topological polar surface area (TPSA) is 26.3 Å². The molecule has 1 aromatic carbocycles. The molecule has 3 rings (SSSR count). The van der Waals surface area contributed by atoms with Gasteiger partial charge < -0.3 is 4.74 Å². The molecule has 1 aromatic rings. The SMILES string of the molecule is O=C1CCCCC1Oc1ccc2c(c1)CCC2. The Morgan fingerprint density at radius 1 is 1.00 bits per heavy atom. The molecule has 1 fully saturated rings. The van der Waals surface area contributed by atoms with Crippen molar-refractivity contribution in [1.29, 1.82) is 0 Å². The van der Waals surface area contributed by atoms with Gasteiger partial charge >= 0.3 is 0 Å². The van der Waals surface area contributed by atoms with E-state index in [0.717, 1.165) is 31.4 Å². The van der Waals surface area contributed by atoms with Crippen LogP contribution in [-0.2, 0) is 17.6 Å². The highest BCUT2D eigenvalue weighted by Gasteiger charge is 2.24. The van der Waals surface area contributed by atoms with Crippen LogP contribution < -0.4 is 4.74 Å². The van der Waals surface area contributed by atoms with Crippen LogP contribution in [0.15, 0.2) is 18.2 Å². The van der Waals surface area contributed by atoms with Crippen molar-refractivity contribution >= 4 is 5.78 Å². The molecule has 0 bridgehead atoms. The van der Waals surface area contributed by atoms with E-state index in [0.29, 0.717) is 6.42 Å². The second-order valence-corrected chi connectivity index (χ2v) is 5.10. The number of carbonyl (C=O) groups is 1. The molecule has 2 nitrogen and oxygen atoms in total. The number of hydrogen-bond acceptors (Lipinski definition) is 2. The number of ketones is 1. The van der Waals surface area contributed by atoms with Crippen LogP contribution in [-0.4, -0.2) is 11.9 Å². The minimum Gasteiger partial charge on any atom is -0.483 e. The molecule has 0 heterocycles. The summed E-state index contributed by atoms with van der Waals surface area (Å²) in [6.07, 6.45) is 7.13. The molecule has 2 aliphatic rings. The van der Waals surface area contributed by atoms with Crippen molar-refractivity contribution in [3.63, 3.8) is 0 Å². The van der Waals surface area contributed by atoms with Gasteiger partial charge in [0.05, 0.1) is 0 Å². The van der Waals surface area contributed by atoms with Crippen molar-refractivity contribution < 1.29 is 9.53 Å². The van der Waals surface area contributed by atoms with E-state index in [9.17, 15) is 4.79 Å². The zero-order chi connectivity index (χ0) is 11.7. The van der Waals surface area contributed by atoms with Crippen LogP contribution in [0.5, 0.6) is 5.75 Å². The fraction of sp³-hybridized carbons (Fsp3) is 0.533. The number of aryl methyl sites for hydroxylation is 2. The van der Waals surface area contributed by atoms with Crippen LogP contribution in [0.1, 0.15) is 43.2 Å². The minimum absolute atomic E-state index is 0.191. The van der Waals surface area contributed by atoms with Crippen LogP contribution in [0.2, 0.25) is 0 Å². The van der Waals surface area contributed by atoms with Gasteiger partial charge in [-0.05, 0) is 61.8 Å². The maximum atomic E-state index is 11.7. The van der Waals surface area contributed by atoms with E-state index in [4.69, 9.17) is 4.74 Å². The number of hydrogen-bond donors (Lipinski definition) is 0. The Hall–Kier alpha value is -1.31. The minimum atomic E-state index is -0.191. The van der Waals surface area contributed by atoms with Crippen molar-refractivity contribution in [1.82, 2.24) is 0 Å². The average molecular weight is 230 g/mol. The molecule has 17 heavy (non-hydrogen) atoms. The summed E-state index contributed by atoms with van der Waals surface area (Å²) in [6, 6.07) is 6.31. The first-order valence-electron chi connectivity index (χ1n) is 6.64. The lowest BCUT2D eigenvalue weighted by Crippen LogP contribution is -2.30. The van der Waals surface area contributed by atoms with Crippen molar-refractivity contribution in [3.8, 4) is 5.75 Å². The van der Waals surface area contributed by atoms with Crippen molar-refractivity contribution in [3.05, 3.63) is 29.3 Å². The molecule has 0 aromatic heterocycles. The highest BCUT2D eigenvalue weighted by Crippen LogP contribution is 2.28. The van der Waals surface area contributed by atoms with Gasteiger partial charge in [-0.2, -0.15) is 0 Å². The second-order valence-electron chi connectivity index (χ2n) is 5.10. The molecule has 1 unspecified atom stereocenters. The van der Waals surface area contributed by atoms with Crippen LogP contribution in [0.3, 0.4) is 0 Å². The average Bonchev–Trinajstić information content (AvgIpc) is 2.79. The maximum Gasteiger partial charge on any atom is 0.173 e. The Bertz CT molecular complexity index is 437. The lowest BCUT2D eigenvalue weighted by atomic mass is 9.96. The predicted octanol–water partition coefficient (Wildman–Crippen LogP) is 3.07. The van der Waals surface area contributed by atoms with Gasteiger partial charge in [0.1, 0.15) is 5.75 Å². The molecule has 0 N–H and O–H groups in total. The molecule has 0 spiro atoms. The summed E-state index contributed by atoms with van der Waals surface area (Å²) in [7, 11) is 0. The molecule has 1 saturated carbocycles. The monoisotopic (exact) mass is 230 g/mol. The summed E-state index contributed by atoms with van der Waals surface area (Å²) in [5.74, 6) is 1.16. The van der Waals surface area contributed by atoms with Crippen LogP contribution in [0.4, 0.5) is 0 Å². The van der Waals surface area contributed by atoms with Crippen molar-refractivity contribution in [2.45, 2.75) is 51.0 Å². The Morgan fingerprint density at radius 2 is 1.88 bits per heavy atom. The van der Waals surface area contributed by atoms with Gasteiger partial charge in [0.15, 0.2) is 11.9 Å². The summed E-state index contributed by atoms with van der Waals surface area (Å²) in [5.41, 5.74) is 2.86. The lowest BCUT2D eigenvalue weighted by molar-refractivity contribution is -0.127. The first kappa shape index (κ1) is 10.8. The first-order chi connectivity index (χ1) is 8.33. The Balaban J connectivity index is 1.74. The third kappa shape index (κ3) is 2.21. The van der Waals surface area contributed by atoms with Crippen molar-refractivity contribution in [2.75, 3.05) is 0 Å². The molecule has 2 aliphatic carbocycles. The second kappa shape index (κ2) is 4.52. The van der Waals surface area contributed by atoms with E-state index >= 15 is 0 Å². The third-order valence-corrected chi connectivity index (χ3v) is 3.85. The molecule has 1 atom stereocenters.